The molecule has 1 atom stereocenters. The first-order valence-electron chi connectivity index (χ1n) is 8.50. The van der Waals surface area contributed by atoms with Crippen LogP contribution in [0.15, 0.2) is 24.5 Å². The summed E-state index contributed by atoms with van der Waals surface area (Å²) in [6, 6.07) is 4.34. The van der Waals surface area contributed by atoms with Crippen LogP contribution in [0.2, 0.25) is 0 Å². The SMILES string of the molecule is O=C(CN1CCOCC1)N[C@@H]1CCCN(Cc2cccnc2)C1. The van der Waals surface area contributed by atoms with Crippen molar-refractivity contribution in [1.82, 2.24) is 20.1 Å². The van der Waals surface area contributed by atoms with Crippen molar-refractivity contribution in [2.75, 3.05) is 45.9 Å². The molecule has 3 rings (SSSR count). The molecule has 1 amide bonds. The molecule has 1 aromatic rings. The minimum Gasteiger partial charge on any atom is -0.379 e. The Labute approximate surface area is 137 Å². The number of hydrogen-bond donors (Lipinski definition) is 1. The molecule has 1 N–H and O–H groups in total. The largest absolute Gasteiger partial charge is 0.379 e. The van der Waals surface area contributed by atoms with E-state index in [1.807, 2.05) is 12.3 Å². The third-order valence-electron chi connectivity index (χ3n) is 4.47. The molecule has 0 spiro atoms. The van der Waals surface area contributed by atoms with E-state index in [4.69, 9.17) is 4.74 Å². The van der Waals surface area contributed by atoms with Crippen molar-refractivity contribution in [2.45, 2.75) is 25.4 Å². The monoisotopic (exact) mass is 318 g/mol. The average Bonchev–Trinajstić information content (AvgIpc) is 2.57. The number of ether oxygens (including phenoxy) is 1. The van der Waals surface area contributed by atoms with Crippen LogP contribution in [0, 0.1) is 0 Å². The Kier molecular flexibility index (Phi) is 5.96. The predicted molar refractivity (Wildman–Crippen MR) is 87.9 cm³/mol. The second-order valence-corrected chi connectivity index (χ2v) is 6.39. The van der Waals surface area contributed by atoms with Crippen LogP contribution in [0.25, 0.3) is 0 Å². The first-order valence-corrected chi connectivity index (χ1v) is 8.50. The maximum absolute atomic E-state index is 12.2. The summed E-state index contributed by atoms with van der Waals surface area (Å²) in [7, 11) is 0. The number of carbonyl (C=O) groups excluding carboxylic acids is 1. The van der Waals surface area contributed by atoms with E-state index in [0.717, 1.165) is 58.8 Å². The van der Waals surface area contributed by atoms with Gasteiger partial charge < -0.3 is 10.1 Å². The fourth-order valence-corrected chi connectivity index (χ4v) is 3.30. The molecule has 6 nitrogen and oxygen atoms in total. The molecule has 0 bridgehead atoms. The summed E-state index contributed by atoms with van der Waals surface area (Å²) < 4.78 is 5.32. The number of hydrogen-bond acceptors (Lipinski definition) is 5. The Morgan fingerprint density at radius 1 is 1.30 bits per heavy atom. The van der Waals surface area contributed by atoms with Crippen LogP contribution in [0.4, 0.5) is 0 Å². The maximum Gasteiger partial charge on any atom is 0.234 e. The number of nitrogens with one attached hydrogen (secondary N) is 1. The minimum atomic E-state index is 0.139. The molecule has 0 unspecified atom stereocenters. The lowest BCUT2D eigenvalue weighted by atomic mass is 10.0. The summed E-state index contributed by atoms with van der Waals surface area (Å²) in [4.78, 5) is 21.0. The maximum atomic E-state index is 12.2. The molecule has 126 valence electrons. The lowest BCUT2D eigenvalue weighted by Gasteiger charge is -2.34. The molecule has 23 heavy (non-hydrogen) atoms. The van der Waals surface area contributed by atoms with E-state index >= 15 is 0 Å². The van der Waals surface area contributed by atoms with E-state index in [-0.39, 0.29) is 11.9 Å². The van der Waals surface area contributed by atoms with Crippen LogP contribution in [0.5, 0.6) is 0 Å². The first kappa shape index (κ1) is 16.4. The third kappa shape index (κ3) is 5.27. The number of likely N-dealkylation sites (tertiary alicyclic amines) is 1. The van der Waals surface area contributed by atoms with Gasteiger partial charge in [0.25, 0.3) is 0 Å². The Morgan fingerprint density at radius 3 is 2.96 bits per heavy atom. The van der Waals surface area contributed by atoms with Gasteiger partial charge in [-0.2, -0.15) is 0 Å². The van der Waals surface area contributed by atoms with Crippen LogP contribution in [-0.4, -0.2) is 72.7 Å². The summed E-state index contributed by atoms with van der Waals surface area (Å²) in [5, 5.41) is 3.20. The number of nitrogens with zero attached hydrogens (tertiary/aromatic N) is 3. The van der Waals surface area contributed by atoms with Gasteiger partial charge in [0, 0.05) is 44.6 Å². The molecule has 0 radical (unpaired) electrons. The van der Waals surface area contributed by atoms with Gasteiger partial charge in [-0.1, -0.05) is 6.07 Å². The highest BCUT2D eigenvalue weighted by Gasteiger charge is 2.22. The summed E-state index contributed by atoms with van der Waals surface area (Å²) in [6.07, 6.45) is 5.91. The van der Waals surface area contributed by atoms with E-state index in [1.54, 1.807) is 6.20 Å². The molecule has 1 aromatic heterocycles. The van der Waals surface area contributed by atoms with E-state index < -0.39 is 0 Å². The lowest BCUT2D eigenvalue weighted by Crippen LogP contribution is -2.50. The van der Waals surface area contributed by atoms with Crippen LogP contribution in [-0.2, 0) is 16.1 Å². The summed E-state index contributed by atoms with van der Waals surface area (Å²) in [5.41, 5.74) is 1.23. The van der Waals surface area contributed by atoms with E-state index in [2.05, 4.69) is 26.2 Å². The van der Waals surface area contributed by atoms with Crippen molar-refractivity contribution in [2.24, 2.45) is 0 Å². The van der Waals surface area contributed by atoms with Gasteiger partial charge in [-0.25, -0.2) is 0 Å². The number of pyridine rings is 1. The number of carbonyl (C=O) groups is 1. The smallest absolute Gasteiger partial charge is 0.234 e. The highest BCUT2D eigenvalue weighted by Crippen LogP contribution is 2.13. The van der Waals surface area contributed by atoms with Crippen molar-refractivity contribution in [3.05, 3.63) is 30.1 Å². The van der Waals surface area contributed by atoms with E-state index in [1.165, 1.54) is 5.56 Å². The summed E-state index contributed by atoms with van der Waals surface area (Å²) >= 11 is 0. The molecule has 0 saturated carbocycles. The Balaban J connectivity index is 1.43. The summed E-state index contributed by atoms with van der Waals surface area (Å²) in [6.45, 7) is 6.57. The van der Waals surface area contributed by atoms with Gasteiger partial charge in [0.1, 0.15) is 0 Å². The van der Waals surface area contributed by atoms with Gasteiger partial charge in [-0.3, -0.25) is 19.6 Å². The zero-order chi connectivity index (χ0) is 15.9. The number of aromatic nitrogens is 1. The molecule has 2 saturated heterocycles. The van der Waals surface area contributed by atoms with E-state index in [9.17, 15) is 4.79 Å². The fourth-order valence-electron chi connectivity index (χ4n) is 3.30. The van der Waals surface area contributed by atoms with Crippen molar-refractivity contribution in [3.8, 4) is 0 Å². The normalized spacial score (nSPS) is 23.6. The van der Waals surface area contributed by atoms with Gasteiger partial charge >= 0.3 is 0 Å². The molecular formula is C17H26N4O2. The number of rotatable bonds is 5. The lowest BCUT2D eigenvalue weighted by molar-refractivity contribution is -0.124. The third-order valence-corrected chi connectivity index (χ3v) is 4.47. The second-order valence-electron chi connectivity index (χ2n) is 6.39. The van der Waals surface area contributed by atoms with Crippen molar-refractivity contribution < 1.29 is 9.53 Å². The zero-order valence-corrected chi connectivity index (χ0v) is 13.6. The molecule has 2 fully saturated rings. The zero-order valence-electron chi connectivity index (χ0n) is 13.6. The number of morpholine rings is 1. The summed E-state index contributed by atoms with van der Waals surface area (Å²) in [5.74, 6) is 0.139. The standard InChI is InChI=1S/C17H26N4O2/c22-17(14-20-7-9-23-10-8-20)19-16-4-2-6-21(13-16)12-15-3-1-5-18-11-15/h1,3,5,11,16H,2,4,6-10,12-14H2,(H,19,22)/t16-/m1/s1. The van der Waals surface area contributed by atoms with Crippen LogP contribution in [0.3, 0.4) is 0 Å². The number of piperidine rings is 1. The van der Waals surface area contributed by atoms with Gasteiger partial charge in [-0.15, -0.1) is 0 Å². The van der Waals surface area contributed by atoms with Gasteiger partial charge in [0.2, 0.25) is 5.91 Å². The molecule has 0 aliphatic carbocycles. The molecule has 0 aromatic carbocycles. The number of amides is 1. The average molecular weight is 318 g/mol. The Bertz CT molecular complexity index is 491. The van der Waals surface area contributed by atoms with Crippen LogP contribution >= 0.6 is 0 Å². The van der Waals surface area contributed by atoms with Crippen molar-refractivity contribution in [1.29, 1.82) is 0 Å². The first-order chi connectivity index (χ1) is 11.3. The quantitative estimate of drug-likeness (QED) is 0.856. The van der Waals surface area contributed by atoms with Crippen molar-refractivity contribution >= 4 is 5.91 Å². The topological polar surface area (TPSA) is 57.7 Å². The highest BCUT2D eigenvalue weighted by atomic mass is 16.5. The second kappa shape index (κ2) is 8.38. The molecule has 3 heterocycles. The van der Waals surface area contributed by atoms with Crippen LogP contribution < -0.4 is 5.32 Å². The molecule has 2 aliphatic heterocycles. The van der Waals surface area contributed by atoms with Gasteiger partial charge in [0.15, 0.2) is 0 Å². The van der Waals surface area contributed by atoms with Crippen LogP contribution in [0.1, 0.15) is 18.4 Å². The Hall–Kier alpha value is -1.50. The van der Waals surface area contributed by atoms with Crippen molar-refractivity contribution in [3.63, 3.8) is 0 Å². The minimum absolute atomic E-state index is 0.139. The van der Waals surface area contributed by atoms with Gasteiger partial charge in [0.05, 0.1) is 19.8 Å². The molecular weight excluding hydrogens is 292 g/mol. The molecule has 6 heteroatoms. The Morgan fingerprint density at radius 2 is 2.17 bits per heavy atom. The van der Waals surface area contributed by atoms with Gasteiger partial charge in [-0.05, 0) is 31.0 Å². The predicted octanol–water partition coefficient (Wildman–Crippen LogP) is 0.494. The fraction of sp³-hybridized carbons (Fsp3) is 0.647. The molecule has 2 aliphatic rings. The highest BCUT2D eigenvalue weighted by molar-refractivity contribution is 5.78. The van der Waals surface area contributed by atoms with E-state index in [0.29, 0.717) is 6.54 Å².